The van der Waals surface area contributed by atoms with Crippen LogP contribution >= 0.6 is 0 Å². The molecular weight excluding hydrogens is 552 g/mol. The van der Waals surface area contributed by atoms with Crippen molar-refractivity contribution >= 4 is 23.1 Å². The first-order chi connectivity index (χ1) is 21.5. The minimum Gasteiger partial charge on any atom is -0.352 e. The van der Waals surface area contributed by atoms with E-state index in [0.717, 1.165) is 27.8 Å². The van der Waals surface area contributed by atoms with E-state index in [1.54, 1.807) is 23.0 Å². The zero-order valence-corrected chi connectivity index (χ0v) is 23.9. The summed E-state index contributed by atoms with van der Waals surface area (Å²) in [5.41, 5.74) is 4.12. The first-order valence-corrected chi connectivity index (χ1v) is 14.3. The van der Waals surface area contributed by atoms with Crippen molar-refractivity contribution in [2.24, 2.45) is 0 Å². The van der Waals surface area contributed by atoms with Gasteiger partial charge in [-0.3, -0.25) is 23.7 Å². The number of aromatic nitrogens is 5. The van der Waals surface area contributed by atoms with Crippen LogP contribution in [0.15, 0.2) is 125 Å². The first-order valence-electron chi connectivity index (χ1n) is 14.3. The Labute approximate surface area is 253 Å². The predicted molar refractivity (Wildman–Crippen MR) is 171 cm³/mol. The van der Waals surface area contributed by atoms with E-state index in [9.17, 15) is 14.4 Å². The van der Waals surface area contributed by atoms with Crippen LogP contribution in [0, 0.1) is 0 Å². The number of carbonyl (C=O) groups excluding carboxylic acids is 1. The smallest absolute Gasteiger partial charge is 0.333 e. The standard InChI is InChI=1S/C35H30N6O3/c42-30(37-21-19-26-12-7-20-36-22-26)18-15-25-13-16-29(17-14-25)32-38-31-33(39-32)40(23-27-8-3-1-4-9-27)35(44)41(34(31)43)24-28-10-5-2-6-11-28/h1-18,20,22H,19,21,23-24H2,(H,37,42)(H,38,39)/b18-15+. The lowest BCUT2D eigenvalue weighted by atomic mass is 10.1. The van der Waals surface area contributed by atoms with Crippen LogP contribution < -0.4 is 16.6 Å². The number of hydrogen-bond acceptors (Lipinski definition) is 5. The Kier molecular flexibility index (Phi) is 8.36. The van der Waals surface area contributed by atoms with Crippen LogP contribution in [0.3, 0.4) is 0 Å². The zero-order valence-electron chi connectivity index (χ0n) is 23.9. The summed E-state index contributed by atoms with van der Waals surface area (Å²) in [5, 5.41) is 2.88. The molecule has 9 nitrogen and oxygen atoms in total. The molecule has 0 radical (unpaired) electrons. The number of H-pyrrole nitrogens is 1. The Morgan fingerprint density at radius 1 is 0.795 bits per heavy atom. The molecule has 0 fully saturated rings. The molecule has 0 bridgehead atoms. The predicted octanol–water partition coefficient (Wildman–Crippen LogP) is 4.42. The number of carbonyl (C=O) groups is 1. The minimum absolute atomic E-state index is 0.148. The van der Waals surface area contributed by atoms with Crippen LogP contribution in [0.5, 0.6) is 0 Å². The Morgan fingerprint density at radius 3 is 2.11 bits per heavy atom. The van der Waals surface area contributed by atoms with Gasteiger partial charge in [0.05, 0.1) is 13.1 Å². The lowest BCUT2D eigenvalue weighted by Crippen LogP contribution is -2.40. The van der Waals surface area contributed by atoms with E-state index >= 15 is 0 Å². The fourth-order valence-corrected chi connectivity index (χ4v) is 4.98. The second-order valence-corrected chi connectivity index (χ2v) is 10.4. The van der Waals surface area contributed by atoms with Crippen molar-refractivity contribution in [3.63, 3.8) is 0 Å². The molecular formula is C35H30N6O3. The summed E-state index contributed by atoms with van der Waals surface area (Å²) in [7, 11) is 0. The highest BCUT2D eigenvalue weighted by Crippen LogP contribution is 2.20. The Balaban J connectivity index is 1.25. The Bertz CT molecular complexity index is 2030. The number of amides is 1. The molecule has 3 aromatic carbocycles. The van der Waals surface area contributed by atoms with Crippen molar-refractivity contribution in [2.45, 2.75) is 19.5 Å². The topological polar surface area (TPSA) is 115 Å². The molecule has 6 rings (SSSR count). The highest BCUT2D eigenvalue weighted by molar-refractivity contribution is 5.91. The van der Waals surface area contributed by atoms with Gasteiger partial charge in [-0.05, 0) is 40.8 Å². The fraction of sp³-hybridized carbons (Fsp3) is 0.114. The first kappa shape index (κ1) is 28.3. The normalized spacial score (nSPS) is 11.3. The van der Waals surface area contributed by atoms with Gasteiger partial charge in [0, 0.05) is 30.6 Å². The molecule has 0 atom stereocenters. The van der Waals surface area contributed by atoms with E-state index < -0.39 is 11.2 Å². The lowest BCUT2D eigenvalue weighted by Gasteiger charge is -2.11. The molecule has 0 aliphatic rings. The molecule has 3 aromatic heterocycles. The third-order valence-corrected chi connectivity index (χ3v) is 7.28. The average molecular weight is 583 g/mol. The van der Waals surface area contributed by atoms with Crippen molar-refractivity contribution < 1.29 is 4.79 Å². The Morgan fingerprint density at radius 2 is 1.45 bits per heavy atom. The SMILES string of the molecule is O=C(/C=C/c1ccc(-c2nc3c([nH]2)c(=O)n(Cc2ccccc2)c(=O)n3Cc2ccccc2)cc1)NCCc1cccnc1. The summed E-state index contributed by atoms with van der Waals surface area (Å²) in [6.45, 7) is 0.932. The van der Waals surface area contributed by atoms with Crippen LogP contribution in [-0.4, -0.2) is 36.5 Å². The zero-order chi connectivity index (χ0) is 30.3. The molecule has 218 valence electrons. The van der Waals surface area contributed by atoms with E-state index in [-0.39, 0.29) is 24.5 Å². The molecule has 0 unspecified atom stereocenters. The number of fused-ring (bicyclic) bond motifs is 1. The number of imidazole rings is 1. The van der Waals surface area contributed by atoms with Gasteiger partial charge in [-0.25, -0.2) is 9.78 Å². The monoisotopic (exact) mass is 582 g/mol. The highest BCUT2D eigenvalue weighted by atomic mass is 16.2. The highest BCUT2D eigenvalue weighted by Gasteiger charge is 2.18. The molecule has 0 saturated carbocycles. The second-order valence-electron chi connectivity index (χ2n) is 10.4. The van der Waals surface area contributed by atoms with Gasteiger partial charge >= 0.3 is 5.69 Å². The van der Waals surface area contributed by atoms with Crippen LogP contribution in [0.25, 0.3) is 28.6 Å². The number of nitrogens with zero attached hydrogens (tertiary/aromatic N) is 4. The van der Waals surface area contributed by atoms with E-state index in [1.165, 1.54) is 10.6 Å². The molecule has 0 spiro atoms. The molecule has 0 aliphatic heterocycles. The Hall–Kier alpha value is -5.83. The van der Waals surface area contributed by atoms with Crippen molar-refractivity contribution in [1.29, 1.82) is 0 Å². The van der Waals surface area contributed by atoms with Gasteiger partial charge in [0.15, 0.2) is 5.65 Å². The maximum Gasteiger partial charge on any atom is 0.333 e. The maximum absolute atomic E-state index is 13.7. The minimum atomic E-state index is -0.425. The van der Waals surface area contributed by atoms with Crippen molar-refractivity contribution in [2.75, 3.05) is 6.54 Å². The number of aromatic amines is 1. The number of benzene rings is 3. The number of pyridine rings is 1. The molecule has 1 amide bonds. The maximum atomic E-state index is 13.7. The van der Waals surface area contributed by atoms with Gasteiger partial charge in [-0.15, -0.1) is 0 Å². The number of rotatable bonds is 10. The molecule has 0 saturated heterocycles. The summed E-state index contributed by atoms with van der Waals surface area (Å²) >= 11 is 0. The van der Waals surface area contributed by atoms with Crippen LogP contribution in [0.1, 0.15) is 22.3 Å². The molecule has 44 heavy (non-hydrogen) atoms. The summed E-state index contributed by atoms with van der Waals surface area (Å²) in [6, 6.07) is 30.3. The van der Waals surface area contributed by atoms with Gasteiger partial charge in [-0.1, -0.05) is 91.0 Å². The lowest BCUT2D eigenvalue weighted by molar-refractivity contribution is -0.116. The largest absolute Gasteiger partial charge is 0.352 e. The molecule has 2 N–H and O–H groups in total. The quantitative estimate of drug-likeness (QED) is 0.232. The molecule has 3 heterocycles. The van der Waals surface area contributed by atoms with Gasteiger partial charge in [0.1, 0.15) is 11.3 Å². The third-order valence-electron chi connectivity index (χ3n) is 7.28. The van der Waals surface area contributed by atoms with Gasteiger partial charge in [0.2, 0.25) is 5.91 Å². The number of nitrogens with one attached hydrogen (secondary N) is 2. The van der Waals surface area contributed by atoms with Crippen LogP contribution in [-0.2, 0) is 24.3 Å². The third kappa shape index (κ3) is 6.47. The van der Waals surface area contributed by atoms with E-state index in [0.29, 0.717) is 24.4 Å². The summed E-state index contributed by atoms with van der Waals surface area (Å²) in [5.74, 6) is 0.290. The summed E-state index contributed by atoms with van der Waals surface area (Å²) in [6.07, 6.45) is 7.45. The molecule has 6 aromatic rings. The van der Waals surface area contributed by atoms with Gasteiger partial charge in [0.25, 0.3) is 5.56 Å². The molecule has 9 heteroatoms. The van der Waals surface area contributed by atoms with E-state index in [2.05, 4.69) is 15.3 Å². The van der Waals surface area contributed by atoms with Crippen molar-refractivity contribution in [1.82, 2.24) is 29.4 Å². The van der Waals surface area contributed by atoms with E-state index in [1.807, 2.05) is 97.1 Å². The van der Waals surface area contributed by atoms with Gasteiger partial charge in [-0.2, -0.15) is 0 Å². The summed E-state index contributed by atoms with van der Waals surface area (Å²) < 4.78 is 2.79. The van der Waals surface area contributed by atoms with E-state index in [4.69, 9.17) is 4.98 Å². The van der Waals surface area contributed by atoms with Gasteiger partial charge < -0.3 is 10.3 Å². The van der Waals surface area contributed by atoms with Crippen LogP contribution in [0.2, 0.25) is 0 Å². The number of hydrogen-bond donors (Lipinski definition) is 2. The average Bonchev–Trinajstić information content (AvgIpc) is 3.52. The fourth-order valence-electron chi connectivity index (χ4n) is 4.98. The van der Waals surface area contributed by atoms with Crippen molar-refractivity contribution in [3.8, 4) is 11.4 Å². The second kappa shape index (κ2) is 13.0. The van der Waals surface area contributed by atoms with Crippen molar-refractivity contribution in [3.05, 3.63) is 159 Å². The van der Waals surface area contributed by atoms with Crippen LogP contribution in [0.4, 0.5) is 0 Å². The summed E-state index contributed by atoms with van der Waals surface area (Å²) in [4.78, 5) is 51.5. The molecule has 0 aliphatic carbocycles.